The number of nitrogens with zero attached hydrogens (tertiary/aromatic N) is 1. The minimum atomic E-state index is -3.74. The number of nitrogens with one attached hydrogen (secondary N) is 1. The molecule has 0 radical (unpaired) electrons. The highest BCUT2D eigenvalue weighted by Crippen LogP contribution is 2.32. The van der Waals surface area contributed by atoms with Crippen molar-refractivity contribution in [3.63, 3.8) is 0 Å². The van der Waals surface area contributed by atoms with Crippen molar-refractivity contribution >= 4 is 27.3 Å². The van der Waals surface area contributed by atoms with Crippen LogP contribution in [-0.2, 0) is 16.4 Å². The molecule has 0 bridgehead atoms. The summed E-state index contributed by atoms with van der Waals surface area (Å²) in [5, 5.41) is 0. The van der Waals surface area contributed by atoms with E-state index in [0.29, 0.717) is 17.8 Å². The highest BCUT2D eigenvalue weighted by Gasteiger charge is 2.26. The van der Waals surface area contributed by atoms with E-state index in [1.54, 1.807) is 23.1 Å². The SMILES string of the molecule is Cc1ccc(C(=O)N2CCCc3cc(S(=O)(=O)Nc4c(C)cccc4C)ccc32)cc1. The van der Waals surface area contributed by atoms with Gasteiger partial charge in [-0.2, -0.15) is 0 Å². The van der Waals surface area contributed by atoms with E-state index in [-0.39, 0.29) is 10.8 Å². The smallest absolute Gasteiger partial charge is 0.261 e. The number of anilines is 2. The third kappa shape index (κ3) is 4.21. The van der Waals surface area contributed by atoms with Crippen LogP contribution in [0.1, 0.15) is 39.0 Å². The topological polar surface area (TPSA) is 66.5 Å². The van der Waals surface area contributed by atoms with E-state index in [4.69, 9.17) is 0 Å². The molecule has 31 heavy (non-hydrogen) atoms. The monoisotopic (exact) mass is 434 g/mol. The van der Waals surface area contributed by atoms with E-state index in [1.165, 1.54) is 0 Å². The fraction of sp³-hybridized carbons (Fsp3) is 0.240. The average Bonchev–Trinajstić information content (AvgIpc) is 2.75. The molecule has 3 aromatic rings. The van der Waals surface area contributed by atoms with Crippen LogP contribution in [0.2, 0.25) is 0 Å². The molecule has 0 saturated heterocycles. The van der Waals surface area contributed by atoms with Crippen LogP contribution in [0.5, 0.6) is 0 Å². The van der Waals surface area contributed by atoms with Gasteiger partial charge in [-0.15, -0.1) is 0 Å². The van der Waals surface area contributed by atoms with Crippen LogP contribution < -0.4 is 9.62 Å². The summed E-state index contributed by atoms with van der Waals surface area (Å²) in [4.78, 5) is 15.0. The Labute approximate surface area is 183 Å². The second-order valence-corrected chi connectivity index (χ2v) is 9.77. The van der Waals surface area contributed by atoms with E-state index in [0.717, 1.165) is 40.8 Å². The van der Waals surface area contributed by atoms with Crippen molar-refractivity contribution in [3.05, 3.63) is 88.5 Å². The number of hydrogen-bond donors (Lipinski definition) is 1. The number of hydrogen-bond acceptors (Lipinski definition) is 3. The molecule has 0 atom stereocenters. The van der Waals surface area contributed by atoms with Crippen LogP contribution in [0.25, 0.3) is 0 Å². The van der Waals surface area contributed by atoms with Crippen LogP contribution in [-0.4, -0.2) is 20.9 Å². The second-order valence-electron chi connectivity index (χ2n) is 8.09. The molecule has 6 heteroatoms. The van der Waals surface area contributed by atoms with Gasteiger partial charge in [-0.1, -0.05) is 35.9 Å². The molecular weight excluding hydrogens is 408 g/mol. The minimum absolute atomic E-state index is 0.0646. The summed E-state index contributed by atoms with van der Waals surface area (Å²) in [5.41, 5.74) is 5.73. The molecule has 0 aliphatic carbocycles. The Kier molecular flexibility index (Phi) is 5.58. The average molecular weight is 435 g/mol. The Bertz CT molecular complexity index is 1230. The van der Waals surface area contributed by atoms with Gasteiger partial charge in [0.1, 0.15) is 0 Å². The van der Waals surface area contributed by atoms with E-state index in [2.05, 4.69) is 4.72 Å². The summed E-state index contributed by atoms with van der Waals surface area (Å²) in [6.07, 6.45) is 1.53. The van der Waals surface area contributed by atoms with Crippen molar-refractivity contribution in [3.8, 4) is 0 Å². The Hall–Kier alpha value is -3.12. The van der Waals surface area contributed by atoms with Gasteiger partial charge in [0.15, 0.2) is 0 Å². The van der Waals surface area contributed by atoms with Gasteiger partial charge >= 0.3 is 0 Å². The number of sulfonamides is 1. The lowest BCUT2D eigenvalue weighted by atomic mass is 10.0. The van der Waals surface area contributed by atoms with Gasteiger partial charge in [-0.3, -0.25) is 9.52 Å². The molecule has 0 unspecified atom stereocenters. The fourth-order valence-electron chi connectivity index (χ4n) is 3.97. The number of carbonyl (C=O) groups is 1. The normalized spacial score (nSPS) is 13.6. The highest BCUT2D eigenvalue weighted by atomic mass is 32.2. The molecule has 1 heterocycles. The molecule has 1 aliphatic heterocycles. The van der Waals surface area contributed by atoms with E-state index in [1.807, 2.05) is 63.2 Å². The number of benzene rings is 3. The molecule has 3 aromatic carbocycles. The van der Waals surface area contributed by atoms with Crippen LogP contribution in [0, 0.1) is 20.8 Å². The lowest BCUT2D eigenvalue weighted by Crippen LogP contribution is -2.35. The van der Waals surface area contributed by atoms with Crippen LogP contribution in [0.3, 0.4) is 0 Å². The number of carbonyl (C=O) groups excluding carboxylic acids is 1. The first-order chi connectivity index (χ1) is 14.8. The fourth-order valence-corrected chi connectivity index (χ4v) is 5.23. The molecule has 0 fully saturated rings. The molecule has 1 aliphatic rings. The summed E-state index contributed by atoms with van der Waals surface area (Å²) in [6, 6.07) is 18.2. The molecule has 0 spiro atoms. The molecular formula is C25H26N2O3S. The zero-order chi connectivity index (χ0) is 22.2. The molecule has 1 N–H and O–H groups in total. The first kappa shape index (κ1) is 21.1. The van der Waals surface area contributed by atoms with Crippen molar-refractivity contribution in [2.45, 2.75) is 38.5 Å². The van der Waals surface area contributed by atoms with Crippen LogP contribution in [0.15, 0.2) is 65.6 Å². The van der Waals surface area contributed by atoms with Gasteiger partial charge in [0.2, 0.25) is 0 Å². The largest absolute Gasteiger partial charge is 0.308 e. The van der Waals surface area contributed by atoms with Gasteiger partial charge in [0.25, 0.3) is 15.9 Å². The van der Waals surface area contributed by atoms with E-state index in [9.17, 15) is 13.2 Å². The maximum Gasteiger partial charge on any atom is 0.261 e. The van der Waals surface area contributed by atoms with Crippen LogP contribution in [0.4, 0.5) is 11.4 Å². The number of para-hydroxylation sites is 1. The van der Waals surface area contributed by atoms with Crippen molar-refractivity contribution in [1.82, 2.24) is 0 Å². The predicted octanol–water partition coefficient (Wildman–Crippen LogP) is 5.01. The lowest BCUT2D eigenvalue weighted by Gasteiger charge is -2.30. The summed E-state index contributed by atoms with van der Waals surface area (Å²) >= 11 is 0. The number of rotatable bonds is 4. The lowest BCUT2D eigenvalue weighted by molar-refractivity contribution is 0.0985. The molecule has 4 rings (SSSR count). The summed E-state index contributed by atoms with van der Waals surface area (Å²) < 4.78 is 28.9. The van der Waals surface area contributed by atoms with Gasteiger partial charge in [0.05, 0.1) is 10.6 Å². The third-order valence-electron chi connectivity index (χ3n) is 5.74. The Morgan fingerprint density at radius 2 is 1.61 bits per heavy atom. The van der Waals surface area contributed by atoms with Gasteiger partial charge < -0.3 is 4.90 Å². The van der Waals surface area contributed by atoms with Crippen molar-refractivity contribution in [2.75, 3.05) is 16.2 Å². The van der Waals surface area contributed by atoms with Crippen molar-refractivity contribution < 1.29 is 13.2 Å². The van der Waals surface area contributed by atoms with Gasteiger partial charge in [-0.05, 0) is 80.6 Å². The van der Waals surface area contributed by atoms with Crippen molar-refractivity contribution in [2.24, 2.45) is 0 Å². The summed E-state index contributed by atoms with van der Waals surface area (Å²) in [5.74, 6) is -0.0646. The first-order valence-corrected chi connectivity index (χ1v) is 11.8. The molecule has 0 saturated carbocycles. The van der Waals surface area contributed by atoms with Gasteiger partial charge in [0, 0.05) is 17.8 Å². The van der Waals surface area contributed by atoms with Crippen molar-refractivity contribution in [1.29, 1.82) is 0 Å². The Morgan fingerprint density at radius 1 is 0.935 bits per heavy atom. The minimum Gasteiger partial charge on any atom is -0.308 e. The Balaban J connectivity index is 1.65. The zero-order valence-electron chi connectivity index (χ0n) is 18.0. The standard InChI is InChI=1S/C25H26N2O3S/c1-17-9-11-20(12-10-17)25(28)27-15-5-8-21-16-22(13-14-23(21)27)31(29,30)26-24-18(2)6-4-7-19(24)3/h4,6-7,9-14,16,26H,5,8,15H2,1-3H3. The van der Waals surface area contributed by atoms with Gasteiger partial charge in [-0.25, -0.2) is 8.42 Å². The third-order valence-corrected chi connectivity index (χ3v) is 7.09. The maximum absolute atomic E-state index is 13.1. The maximum atomic E-state index is 13.1. The quantitative estimate of drug-likeness (QED) is 0.628. The Morgan fingerprint density at radius 3 is 2.29 bits per heavy atom. The zero-order valence-corrected chi connectivity index (χ0v) is 18.8. The molecule has 5 nitrogen and oxygen atoms in total. The molecule has 1 amide bonds. The highest BCUT2D eigenvalue weighted by molar-refractivity contribution is 7.92. The van der Waals surface area contributed by atoms with Crippen LogP contribution >= 0.6 is 0 Å². The summed E-state index contributed by atoms with van der Waals surface area (Å²) in [6.45, 7) is 6.36. The summed E-state index contributed by atoms with van der Waals surface area (Å²) in [7, 11) is -3.74. The predicted molar refractivity (Wildman–Crippen MR) is 124 cm³/mol. The molecule has 160 valence electrons. The number of aryl methyl sites for hydroxylation is 4. The number of amides is 1. The van der Waals surface area contributed by atoms with E-state index >= 15 is 0 Å². The first-order valence-electron chi connectivity index (χ1n) is 10.4. The second kappa shape index (κ2) is 8.19. The van der Waals surface area contributed by atoms with E-state index < -0.39 is 10.0 Å². The molecule has 0 aromatic heterocycles. The number of fused-ring (bicyclic) bond motifs is 1.